The van der Waals surface area contributed by atoms with Crippen LogP contribution in [0.25, 0.3) is 0 Å². The molecule has 30 heavy (non-hydrogen) atoms. The van der Waals surface area contributed by atoms with Crippen molar-refractivity contribution in [2.24, 2.45) is 5.41 Å². The SMILES string of the molecule is CCC(C)(C)C(=O)C(=O)N1C(C(=O)O)Cc2ccsc2C1CCCc1cccnc1. The number of ketones is 1. The van der Waals surface area contributed by atoms with Crippen LogP contribution in [0.3, 0.4) is 0 Å². The molecule has 0 saturated heterocycles. The van der Waals surface area contributed by atoms with E-state index in [1.807, 2.05) is 36.7 Å². The summed E-state index contributed by atoms with van der Waals surface area (Å²) in [6, 6.07) is 4.38. The van der Waals surface area contributed by atoms with Crippen molar-refractivity contribution in [3.8, 4) is 0 Å². The van der Waals surface area contributed by atoms with Gasteiger partial charge in [-0.15, -0.1) is 11.3 Å². The number of carboxylic acids is 1. The number of amides is 1. The lowest BCUT2D eigenvalue weighted by Gasteiger charge is -2.41. The van der Waals surface area contributed by atoms with Crippen LogP contribution in [0.2, 0.25) is 0 Å². The van der Waals surface area contributed by atoms with E-state index in [1.165, 1.54) is 16.2 Å². The van der Waals surface area contributed by atoms with Crippen LogP contribution >= 0.6 is 11.3 Å². The maximum atomic E-state index is 13.3. The minimum Gasteiger partial charge on any atom is -0.480 e. The average molecular weight is 429 g/mol. The van der Waals surface area contributed by atoms with Gasteiger partial charge < -0.3 is 10.0 Å². The summed E-state index contributed by atoms with van der Waals surface area (Å²) in [6.07, 6.45) is 6.42. The van der Waals surface area contributed by atoms with Gasteiger partial charge in [-0.25, -0.2) is 4.79 Å². The first-order valence-electron chi connectivity index (χ1n) is 10.3. The smallest absolute Gasteiger partial charge is 0.326 e. The van der Waals surface area contributed by atoms with Gasteiger partial charge in [-0.3, -0.25) is 14.6 Å². The van der Waals surface area contributed by atoms with Crippen LogP contribution < -0.4 is 0 Å². The number of hydrogen-bond acceptors (Lipinski definition) is 5. The number of carboxylic acid groups (broad SMARTS) is 1. The van der Waals surface area contributed by atoms with Crippen LogP contribution in [0, 0.1) is 5.41 Å². The van der Waals surface area contributed by atoms with E-state index in [9.17, 15) is 19.5 Å². The topological polar surface area (TPSA) is 87.6 Å². The quantitative estimate of drug-likeness (QED) is 0.641. The minimum atomic E-state index is -1.07. The van der Waals surface area contributed by atoms with E-state index in [4.69, 9.17) is 0 Å². The van der Waals surface area contributed by atoms with Gasteiger partial charge in [0.25, 0.3) is 5.91 Å². The van der Waals surface area contributed by atoms with E-state index in [1.54, 1.807) is 20.0 Å². The third kappa shape index (κ3) is 4.46. The molecule has 2 aromatic heterocycles. The van der Waals surface area contributed by atoms with Crippen LogP contribution in [-0.2, 0) is 27.2 Å². The Morgan fingerprint density at radius 1 is 1.30 bits per heavy atom. The van der Waals surface area contributed by atoms with E-state index in [0.717, 1.165) is 28.8 Å². The molecule has 1 aliphatic rings. The highest BCUT2D eigenvalue weighted by atomic mass is 32.1. The summed E-state index contributed by atoms with van der Waals surface area (Å²) in [5.74, 6) is -2.27. The van der Waals surface area contributed by atoms with Gasteiger partial charge in [0.1, 0.15) is 6.04 Å². The van der Waals surface area contributed by atoms with Gasteiger partial charge in [0.15, 0.2) is 0 Å². The molecule has 7 heteroatoms. The molecular weight excluding hydrogens is 400 g/mol. The van der Waals surface area contributed by atoms with E-state index < -0.39 is 35.2 Å². The van der Waals surface area contributed by atoms with E-state index >= 15 is 0 Å². The standard InChI is InChI=1S/C23H28N2O4S/c1-4-23(2,3)20(26)21(27)25-17(9-5-7-15-8-6-11-24-14-15)19-16(10-12-30-19)13-18(25)22(28)29/h6,8,10-12,14,17-18H,4-5,7,9,13H2,1-3H3,(H,28,29). The largest absolute Gasteiger partial charge is 0.480 e. The van der Waals surface area contributed by atoms with Crippen molar-refractivity contribution in [1.82, 2.24) is 9.88 Å². The molecule has 0 radical (unpaired) electrons. The van der Waals surface area contributed by atoms with Crippen molar-refractivity contribution in [2.75, 3.05) is 0 Å². The van der Waals surface area contributed by atoms with Crippen molar-refractivity contribution < 1.29 is 19.5 Å². The average Bonchev–Trinajstić information content (AvgIpc) is 3.21. The number of fused-ring (bicyclic) bond motifs is 1. The van der Waals surface area contributed by atoms with Gasteiger partial charge in [-0.2, -0.15) is 0 Å². The zero-order valence-corrected chi connectivity index (χ0v) is 18.4. The highest BCUT2D eigenvalue weighted by molar-refractivity contribution is 7.10. The van der Waals surface area contributed by atoms with Crippen molar-refractivity contribution >= 4 is 29.0 Å². The zero-order valence-electron chi connectivity index (χ0n) is 17.6. The summed E-state index contributed by atoms with van der Waals surface area (Å²) < 4.78 is 0. The number of pyridine rings is 1. The van der Waals surface area contributed by atoms with Crippen LogP contribution in [0.15, 0.2) is 36.0 Å². The second-order valence-corrected chi connectivity index (χ2v) is 9.36. The summed E-state index contributed by atoms with van der Waals surface area (Å²) >= 11 is 1.53. The van der Waals surface area contributed by atoms with Crippen molar-refractivity contribution in [1.29, 1.82) is 0 Å². The first-order chi connectivity index (χ1) is 14.3. The van der Waals surface area contributed by atoms with Crippen LogP contribution in [0.5, 0.6) is 0 Å². The molecule has 1 amide bonds. The highest BCUT2D eigenvalue weighted by Crippen LogP contribution is 2.40. The molecule has 1 aliphatic heterocycles. The predicted octanol–water partition coefficient (Wildman–Crippen LogP) is 4.05. The normalized spacial score (nSPS) is 18.7. The third-order valence-electron chi connectivity index (χ3n) is 6.05. The number of nitrogens with zero attached hydrogens (tertiary/aromatic N) is 2. The van der Waals surface area contributed by atoms with Crippen molar-refractivity contribution in [3.63, 3.8) is 0 Å². The fourth-order valence-electron chi connectivity index (χ4n) is 3.83. The van der Waals surface area contributed by atoms with Crippen LogP contribution in [0.4, 0.5) is 0 Å². The van der Waals surface area contributed by atoms with Crippen LogP contribution in [-0.4, -0.2) is 38.7 Å². The van der Waals surface area contributed by atoms with Gasteiger partial charge in [0.2, 0.25) is 5.78 Å². The Balaban J connectivity index is 1.90. The number of carbonyl (C=O) groups is 3. The minimum absolute atomic E-state index is 0.235. The summed E-state index contributed by atoms with van der Waals surface area (Å²) in [7, 11) is 0. The Bertz CT molecular complexity index is 922. The second kappa shape index (κ2) is 9.08. The molecule has 0 bridgehead atoms. The number of Topliss-reactive ketones (excluding diaryl/α,β-unsaturated/α-hetero) is 1. The highest BCUT2D eigenvalue weighted by Gasteiger charge is 2.45. The van der Waals surface area contributed by atoms with E-state index in [-0.39, 0.29) is 6.42 Å². The molecule has 0 saturated carbocycles. The van der Waals surface area contributed by atoms with Crippen LogP contribution in [0.1, 0.15) is 62.1 Å². The Labute approximate surface area is 180 Å². The maximum absolute atomic E-state index is 13.3. The number of aromatic nitrogens is 1. The molecule has 1 N–H and O–H groups in total. The number of aliphatic carboxylic acids is 1. The van der Waals surface area contributed by atoms with Gasteiger partial charge in [0, 0.05) is 29.1 Å². The molecule has 160 valence electrons. The fourth-order valence-corrected chi connectivity index (χ4v) is 4.90. The number of thiophene rings is 1. The van der Waals surface area contributed by atoms with E-state index in [2.05, 4.69) is 4.98 Å². The van der Waals surface area contributed by atoms with Crippen molar-refractivity contribution in [3.05, 3.63) is 52.0 Å². The number of rotatable bonds is 8. The van der Waals surface area contributed by atoms with Gasteiger partial charge in [-0.1, -0.05) is 26.8 Å². The second-order valence-electron chi connectivity index (χ2n) is 8.42. The summed E-state index contributed by atoms with van der Waals surface area (Å²) in [5.41, 5.74) is 1.23. The molecule has 2 unspecified atom stereocenters. The molecule has 3 rings (SSSR count). The number of hydrogen-bond donors (Lipinski definition) is 1. The molecule has 2 atom stereocenters. The maximum Gasteiger partial charge on any atom is 0.326 e. The molecular formula is C23H28N2O4S. The Hall–Kier alpha value is -2.54. The summed E-state index contributed by atoms with van der Waals surface area (Å²) in [4.78, 5) is 44.8. The molecule has 3 heterocycles. The first-order valence-corrected chi connectivity index (χ1v) is 11.2. The summed E-state index contributed by atoms with van der Waals surface area (Å²) in [6.45, 7) is 5.33. The molecule has 0 aliphatic carbocycles. The number of carbonyl (C=O) groups excluding carboxylic acids is 2. The van der Waals surface area contributed by atoms with Gasteiger partial charge in [0.05, 0.1) is 6.04 Å². The summed E-state index contributed by atoms with van der Waals surface area (Å²) in [5, 5.41) is 11.8. The van der Waals surface area contributed by atoms with Crippen molar-refractivity contribution in [2.45, 2.75) is 65.0 Å². The monoisotopic (exact) mass is 428 g/mol. The van der Waals surface area contributed by atoms with Gasteiger partial charge in [-0.05, 0) is 54.3 Å². The fraction of sp³-hybridized carbons (Fsp3) is 0.478. The molecule has 2 aromatic rings. The lowest BCUT2D eigenvalue weighted by atomic mass is 9.83. The van der Waals surface area contributed by atoms with Gasteiger partial charge >= 0.3 is 5.97 Å². The third-order valence-corrected chi connectivity index (χ3v) is 7.11. The zero-order chi connectivity index (χ0) is 21.9. The lowest BCUT2D eigenvalue weighted by Crippen LogP contribution is -2.54. The molecule has 0 aromatic carbocycles. The first kappa shape index (κ1) is 22.2. The van der Waals surface area contributed by atoms with E-state index in [0.29, 0.717) is 12.8 Å². The Morgan fingerprint density at radius 3 is 2.70 bits per heavy atom. The Morgan fingerprint density at radius 2 is 2.07 bits per heavy atom. The predicted molar refractivity (Wildman–Crippen MR) is 115 cm³/mol. The molecule has 0 fully saturated rings. The lowest BCUT2D eigenvalue weighted by molar-refractivity contribution is -0.159. The molecule has 6 nitrogen and oxygen atoms in total. The molecule has 0 spiro atoms. The number of aryl methyl sites for hydroxylation is 1. The Kier molecular flexibility index (Phi) is 6.71.